The summed E-state index contributed by atoms with van der Waals surface area (Å²) in [7, 11) is 0. The number of nitrogens with zero attached hydrogens (tertiary/aromatic N) is 4. The van der Waals surface area contributed by atoms with Crippen molar-refractivity contribution in [3.63, 3.8) is 0 Å². The van der Waals surface area contributed by atoms with Crippen molar-refractivity contribution < 1.29 is 24.0 Å². The third kappa shape index (κ3) is 10.9. The Bertz CT molecular complexity index is 1900. The summed E-state index contributed by atoms with van der Waals surface area (Å²) in [5.41, 5.74) is 21.7. The molecule has 54 heavy (non-hydrogen) atoms. The molecule has 1 aliphatic carbocycles. The van der Waals surface area contributed by atoms with Crippen molar-refractivity contribution >= 4 is 53.3 Å². The molecular formula is C37H46ClN11O5. The summed E-state index contributed by atoms with van der Waals surface area (Å²) in [6, 6.07) is 19.1. The van der Waals surface area contributed by atoms with E-state index in [0.29, 0.717) is 29.7 Å². The van der Waals surface area contributed by atoms with E-state index in [0.717, 1.165) is 53.5 Å². The van der Waals surface area contributed by atoms with Crippen LogP contribution in [-0.2, 0) is 30.4 Å². The summed E-state index contributed by atoms with van der Waals surface area (Å²) in [5, 5.41) is 22.3. The van der Waals surface area contributed by atoms with Crippen LogP contribution in [0.2, 0.25) is 0 Å². The molecule has 1 aromatic heterocycles. The highest BCUT2D eigenvalue weighted by molar-refractivity contribution is 6.01. The molecule has 0 radical (unpaired) electrons. The number of benzene rings is 3. The quantitative estimate of drug-likeness (QED) is 0.0921. The van der Waals surface area contributed by atoms with E-state index >= 15 is 0 Å². The lowest BCUT2D eigenvalue weighted by Crippen LogP contribution is -2.48. The van der Waals surface area contributed by atoms with Gasteiger partial charge in [-0.15, -0.1) is 22.6 Å². The van der Waals surface area contributed by atoms with E-state index in [-0.39, 0.29) is 56.2 Å². The summed E-state index contributed by atoms with van der Waals surface area (Å²) >= 11 is 0. The van der Waals surface area contributed by atoms with Crippen molar-refractivity contribution in [3.8, 4) is 22.5 Å². The average molecular weight is 760 g/mol. The predicted octanol–water partition coefficient (Wildman–Crippen LogP) is 1.59. The molecule has 1 fully saturated rings. The predicted molar refractivity (Wildman–Crippen MR) is 206 cm³/mol. The van der Waals surface area contributed by atoms with Crippen LogP contribution in [0.5, 0.6) is 0 Å². The second kappa shape index (κ2) is 19.4. The van der Waals surface area contributed by atoms with Crippen LogP contribution < -0.4 is 38.1 Å². The zero-order chi connectivity index (χ0) is 37.9. The molecule has 1 heterocycles. The molecule has 1 saturated carbocycles. The number of aryl methyl sites for hydroxylation is 1. The maximum Gasteiger partial charge on any atom is 0.247 e. The highest BCUT2D eigenvalue weighted by Crippen LogP contribution is 2.30. The van der Waals surface area contributed by atoms with Crippen molar-refractivity contribution in [2.45, 2.75) is 45.1 Å². The minimum absolute atomic E-state index is 0. The van der Waals surface area contributed by atoms with Crippen molar-refractivity contribution in [2.75, 3.05) is 36.4 Å². The number of primary amides is 1. The molecule has 286 valence electrons. The fraction of sp³-hybridized carbons (Fsp3) is 0.351. The second-order valence-electron chi connectivity index (χ2n) is 13.1. The molecule has 0 aliphatic heterocycles. The van der Waals surface area contributed by atoms with Crippen molar-refractivity contribution in [1.82, 2.24) is 31.3 Å². The van der Waals surface area contributed by atoms with E-state index in [1.54, 1.807) is 36.4 Å². The molecule has 0 spiro atoms. The van der Waals surface area contributed by atoms with Crippen molar-refractivity contribution in [3.05, 3.63) is 77.9 Å². The molecular weight excluding hydrogens is 714 g/mol. The molecule has 0 bridgehead atoms. The third-order valence-electron chi connectivity index (χ3n) is 9.40. The van der Waals surface area contributed by atoms with Gasteiger partial charge in [-0.05, 0) is 109 Å². The molecule has 4 aromatic rings. The number of carbonyl (C=O) groups is 5. The van der Waals surface area contributed by atoms with Gasteiger partial charge in [0.05, 0.1) is 13.1 Å². The Hall–Kier alpha value is -5.71. The number of halogens is 1. The average Bonchev–Trinajstić information content (AvgIpc) is 3.71. The number of amides is 5. The zero-order valence-electron chi connectivity index (χ0n) is 29.9. The number of nitrogens with one attached hydrogen (secondary N) is 4. The number of rotatable bonds is 15. The first-order chi connectivity index (χ1) is 25.5. The lowest BCUT2D eigenvalue weighted by atomic mass is 9.81. The molecule has 17 heteroatoms. The van der Waals surface area contributed by atoms with Gasteiger partial charge in [0.25, 0.3) is 0 Å². The highest BCUT2D eigenvalue weighted by Gasteiger charge is 2.29. The molecule has 1 aliphatic rings. The van der Waals surface area contributed by atoms with E-state index in [1.807, 2.05) is 37.3 Å². The van der Waals surface area contributed by atoms with Crippen LogP contribution in [0.25, 0.3) is 22.5 Å². The van der Waals surface area contributed by atoms with Gasteiger partial charge >= 0.3 is 0 Å². The molecule has 0 unspecified atom stereocenters. The van der Waals surface area contributed by atoms with Gasteiger partial charge in [-0.3, -0.25) is 24.0 Å². The maximum atomic E-state index is 13.7. The smallest absolute Gasteiger partial charge is 0.247 e. The van der Waals surface area contributed by atoms with Crippen molar-refractivity contribution in [1.29, 1.82) is 0 Å². The number of nitrogens with two attached hydrogens (primary N) is 3. The van der Waals surface area contributed by atoms with Gasteiger partial charge in [0.1, 0.15) is 12.6 Å². The molecule has 3 aromatic carbocycles. The minimum Gasteiger partial charge on any atom is -0.368 e. The number of hydrogen-bond acceptors (Lipinski definition) is 10. The molecule has 0 saturated heterocycles. The van der Waals surface area contributed by atoms with Gasteiger partial charge in [0.2, 0.25) is 35.4 Å². The monoisotopic (exact) mass is 759 g/mol. The second-order valence-corrected chi connectivity index (χ2v) is 13.1. The van der Waals surface area contributed by atoms with Crippen LogP contribution in [0, 0.1) is 18.8 Å². The van der Waals surface area contributed by atoms with Crippen molar-refractivity contribution in [2.24, 2.45) is 29.0 Å². The first kappa shape index (κ1) is 41.1. The molecule has 5 amide bonds. The summed E-state index contributed by atoms with van der Waals surface area (Å²) in [4.78, 5) is 64.6. The Balaban J connectivity index is 0.00000650. The Morgan fingerprint density at radius 3 is 2.20 bits per heavy atom. The van der Waals surface area contributed by atoms with Crippen LogP contribution >= 0.6 is 12.4 Å². The number of aromatic amines is 1. The number of aromatic nitrogens is 4. The topological polar surface area (TPSA) is 257 Å². The minimum atomic E-state index is -0.845. The SMILES string of the molecule is Cc1cc(N(CC(N)=O)C(=O)CNC(=O)CN)ccc1-c1ccc(C[C@H](NC(=O)C2CCC(CN)CC2)C(=O)Nc2ccc(-c3nn[nH]n3)cc2)cc1.Cl. The van der Waals surface area contributed by atoms with E-state index in [4.69, 9.17) is 17.2 Å². The Labute approximate surface area is 318 Å². The summed E-state index contributed by atoms with van der Waals surface area (Å²) in [5.74, 6) is -1.57. The Morgan fingerprint density at radius 2 is 1.61 bits per heavy atom. The summed E-state index contributed by atoms with van der Waals surface area (Å²) < 4.78 is 0. The summed E-state index contributed by atoms with van der Waals surface area (Å²) in [6.45, 7) is 1.51. The van der Waals surface area contributed by atoms with Gasteiger partial charge in [0, 0.05) is 29.3 Å². The molecule has 10 N–H and O–H groups in total. The molecule has 5 rings (SSSR count). The highest BCUT2D eigenvalue weighted by atomic mass is 35.5. The number of carbonyl (C=O) groups excluding carboxylic acids is 5. The molecule has 16 nitrogen and oxygen atoms in total. The third-order valence-corrected chi connectivity index (χ3v) is 9.40. The molecule has 1 atom stereocenters. The van der Waals surface area contributed by atoms with Gasteiger partial charge < -0.3 is 38.1 Å². The normalized spacial score (nSPS) is 15.6. The lowest BCUT2D eigenvalue weighted by molar-refractivity contribution is -0.130. The van der Waals surface area contributed by atoms with E-state index in [2.05, 4.69) is 36.6 Å². The van der Waals surface area contributed by atoms with Gasteiger partial charge in [0.15, 0.2) is 0 Å². The number of tetrazole rings is 1. The van der Waals surface area contributed by atoms with E-state index in [1.165, 1.54) is 4.90 Å². The van der Waals surface area contributed by atoms with Gasteiger partial charge in [-0.1, -0.05) is 30.3 Å². The fourth-order valence-corrected chi connectivity index (χ4v) is 6.39. The van der Waals surface area contributed by atoms with Crippen LogP contribution in [0.15, 0.2) is 66.7 Å². The first-order valence-electron chi connectivity index (χ1n) is 17.4. The van der Waals surface area contributed by atoms with Gasteiger partial charge in [-0.25, -0.2) is 0 Å². The van der Waals surface area contributed by atoms with Gasteiger partial charge in [-0.2, -0.15) is 5.21 Å². The Kier molecular flexibility index (Phi) is 14.7. The van der Waals surface area contributed by atoms with Crippen LogP contribution in [0.1, 0.15) is 36.8 Å². The fourth-order valence-electron chi connectivity index (χ4n) is 6.39. The largest absolute Gasteiger partial charge is 0.368 e. The maximum absolute atomic E-state index is 13.7. The van der Waals surface area contributed by atoms with Crippen LogP contribution in [0.3, 0.4) is 0 Å². The standard InChI is InChI=1S/C37H45N11O5.ClH/c1-22-16-29(48(21-32(40)49)34(51)20-41-33(50)19-39)14-15-30(22)25-6-2-23(3-7-25)17-31(43-36(52)27-8-4-24(18-38)5-9-27)37(53)42-28-12-10-26(11-13-28)35-44-46-47-45-35;/h2-3,6-7,10-16,24,27,31H,4-5,8-9,17-21,38-39H2,1H3,(H2,40,49)(H,41,50)(H,42,53)(H,43,52)(H,44,45,46,47);1H/t24?,27?,31-;/m0./s1. The van der Waals surface area contributed by atoms with E-state index < -0.39 is 23.8 Å². The lowest BCUT2D eigenvalue weighted by Gasteiger charge is -2.28. The van der Waals surface area contributed by atoms with Crippen LogP contribution in [0.4, 0.5) is 11.4 Å². The Morgan fingerprint density at radius 1 is 0.926 bits per heavy atom. The number of hydrogen-bond donors (Lipinski definition) is 7. The number of H-pyrrole nitrogens is 1. The summed E-state index contributed by atoms with van der Waals surface area (Å²) in [6.07, 6.45) is 3.47. The van der Waals surface area contributed by atoms with Crippen LogP contribution in [-0.4, -0.2) is 82.4 Å². The number of anilines is 2. The van der Waals surface area contributed by atoms with E-state index in [9.17, 15) is 24.0 Å². The zero-order valence-corrected chi connectivity index (χ0v) is 30.7. The first-order valence-corrected chi connectivity index (χ1v) is 17.4.